The second kappa shape index (κ2) is 8.62. The van der Waals surface area contributed by atoms with Gasteiger partial charge in [-0.15, -0.1) is 0 Å². The second-order valence-electron chi connectivity index (χ2n) is 9.25. The summed E-state index contributed by atoms with van der Waals surface area (Å²) in [7, 11) is 0. The number of nitrogens with one attached hydrogen (secondary N) is 1. The van der Waals surface area contributed by atoms with Crippen molar-refractivity contribution in [2.45, 2.75) is 40.0 Å². The first-order valence-corrected chi connectivity index (χ1v) is 10.9. The van der Waals surface area contributed by atoms with E-state index in [-0.39, 0.29) is 16.9 Å². The summed E-state index contributed by atoms with van der Waals surface area (Å²) in [6.45, 7) is 10.6. The lowest BCUT2D eigenvalue weighted by molar-refractivity contribution is -0.384. The van der Waals surface area contributed by atoms with E-state index >= 15 is 0 Å². The fraction of sp³-hybridized carbons (Fsp3) is 0.231. The zero-order chi connectivity index (χ0) is 24.6. The van der Waals surface area contributed by atoms with Crippen LogP contribution in [0.2, 0.25) is 0 Å². The minimum absolute atomic E-state index is 0.0251. The number of aryl methyl sites for hydroxylation is 1. The number of amides is 1. The Hall–Kier alpha value is -4.20. The van der Waals surface area contributed by atoms with Crippen molar-refractivity contribution >= 4 is 28.8 Å². The standard InChI is InChI=1S/C26H26N4O4/c1-16-12-19(17(2)29(16)21-8-6-20(7-9-21)26(3,4)5)15-27-28-25(31)24-14-18-13-22(30(32)33)10-11-23(18)34-24/h6-15H,1-5H3,(H,28,31)/b27-15-. The van der Waals surface area contributed by atoms with Gasteiger partial charge in [-0.05, 0) is 55.2 Å². The van der Waals surface area contributed by atoms with Crippen LogP contribution in [0.1, 0.15) is 53.8 Å². The third-order valence-electron chi connectivity index (χ3n) is 5.77. The molecule has 0 saturated heterocycles. The molecular formula is C26H26N4O4. The number of aromatic nitrogens is 1. The van der Waals surface area contributed by atoms with Crippen molar-refractivity contribution in [1.82, 2.24) is 9.99 Å². The van der Waals surface area contributed by atoms with Gasteiger partial charge in [0.1, 0.15) is 5.58 Å². The summed E-state index contributed by atoms with van der Waals surface area (Å²) >= 11 is 0. The SMILES string of the molecule is Cc1cc(/C=N\NC(=O)c2cc3cc([N+](=O)[O-])ccc3o2)c(C)n1-c1ccc(C(C)(C)C)cc1. The van der Waals surface area contributed by atoms with Gasteiger partial charge in [0, 0.05) is 40.2 Å². The number of fused-ring (bicyclic) bond motifs is 1. The molecule has 34 heavy (non-hydrogen) atoms. The van der Waals surface area contributed by atoms with Crippen LogP contribution in [0.25, 0.3) is 16.7 Å². The van der Waals surface area contributed by atoms with E-state index in [0.29, 0.717) is 11.0 Å². The highest BCUT2D eigenvalue weighted by atomic mass is 16.6. The fourth-order valence-corrected chi connectivity index (χ4v) is 3.90. The Morgan fingerprint density at radius 1 is 1.09 bits per heavy atom. The van der Waals surface area contributed by atoms with Crippen LogP contribution in [0.15, 0.2) is 64.1 Å². The van der Waals surface area contributed by atoms with E-state index in [1.807, 2.05) is 19.9 Å². The minimum atomic E-state index is -0.540. The number of rotatable bonds is 5. The maximum atomic E-state index is 12.5. The normalized spacial score (nSPS) is 11.9. The second-order valence-corrected chi connectivity index (χ2v) is 9.25. The predicted molar refractivity (Wildman–Crippen MR) is 132 cm³/mol. The van der Waals surface area contributed by atoms with Crippen molar-refractivity contribution in [2.75, 3.05) is 0 Å². The smallest absolute Gasteiger partial charge is 0.307 e. The predicted octanol–water partition coefficient (Wildman–Crippen LogP) is 5.81. The molecule has 174 valence electrons. The van der Waals surface area contributed by atoms with E-state index in [9.17, 15) is 14.9 Å². The van der Waals surface area contributed by atoms with E-state index in [1.54, 1.807) is 6.21 Å². The highest BCUT2D eigenvalue weighted by Crippen LogP contribution is 2.26. The van der Waals surface area contributed by atoms with Crippen LogP contribution in [0.4, 0.5) is 5.69 Å². The fourth-order valence-electron chi connectivity index (χ4n) is 3.90. The Bertz CT molecular complexity index is 1420. The third-order valence-corrected chi connectivity index (χ3v) is 5.77. The minimum Gasteiger partial charge on any atom is -0.451 e. The quantitative estimate of drug-likeness (QED) is 0.232. The summed E-state index contributed by atoms with van der Waals surface area (Å²) in [5.74, 6) is -0.515. The van der Waals surface area contributed by atoms with Gasteiger partial charge >= 0.3 is 5.91 Å². The number of benzene rings is 2. The molecule has 2 heterocycles. The summed E-state index contributed by atoms with van der Waals surface area (Å²) in [6.07, 6.45) is 1.59. The zero-order valence-electron chi connectivity index (χ0n) is 19.7. The molecule has 0 fully saturated rings. The van der Waals surface area contributed by atoms with Gasteiger partial charge in [-0.3, -0.25) is 14.9 Å². The molecule has 2 aromatic carbocycles. The molecule has 0 saturated carbocycles. The molecule has 1 amide bonds. The van der Waals surface area contributed by atoms with Crippen LogP contribution in [0, 0.1) is 24.0 Å². The van der Waals surface area contributed by atoms with Gasteiger partial charge in [-0.1, -0.05) is 32.9 Å². The number of hydrazone groups is 1. The third kappa shape index (κ3) is 4.47. The van der Waals surface area contributed by atoms with Crippen LogP contribution in [0.3, 0.4) is 0 Å². The van der Waals surface area contributed by atoms with Gasteiger partial charge < -0.3 is 8.98 Å². The molecule has 0 spiro atoms. The van der Waals surface area contributed by atoms with E-state index in [2.05, 4.69) is 60.1 Å². The largest absolute Gasteiger partial charge is 0.451 e. The Morgan fingerprint density at radius 2 is 1.79 bits per heavy atom. The summed E-state index contributed by atoms with van der Waals surface area (Å²) in [5, 5.41) is 15.5. The topological polar surface area (TPSA) is 103 Å². The number of hydrogen-bond donors (Lipinski definition) is 1. The Kier molecular flexibility index (Phi) is 5.83. The van der Waals surface area contributed by atoms with Gasteiger partial charge in [0.15, 0.2) is 5.76 Å². The van der Waals surface area contributed by atoms with Crippen molar-refractivity contribution in [2.24, 2.45) is 5.10 Å². The first-order chi connectivity index (χ1) is 16.0. The van der Waals surface area contributed by atoms with Crippen molar-refractivity contribution in [1.29, 1.82) is 0 Å². The van der Waals surface area contributed by atoms with Crippen LogP contribution in [-0.2, 0) is 5.41 Å². The molecule has 8 heteroatoms. The lowest BCUT2D eigenvalue weighted by atomic mass is 9.87. The lowest BCUT2D eigenvalue weighted by Crippen LogP contribution is -2.16. The van der Waals surface area contributed by atoms with E-state index in [0.717, 1.165) is 22.6 Å². The van der Waals surface area contributed by atoms with Crippen molar-refractivity contribution in [3.05, 3.63) is 93.0 Å². The molecule has 1 N–H and O–H groups in total. The van der Waals surface area contributed by atoms with E-state index < -0.39 is 10.8 Å². The summed E-state index contributed by atoms with van der Waals surface area (Å²) in [6, 6.07) is 16.1. The number of furan rings is 1. The number of nitro groups is 1. The van der Waals surface area contributed by atoms with Gasteiger partial charge in [0.2, 0.25) is 0 Å². The highest BCUT2D eigenvalue weighted by molar-refractivity contribution is 5.97. The van der Waals surface area contributed by atoms with Gasteiger partial charge in [-0.25, -0.2) is 5.43 Å². The molecule has 0 aliphatic carbocycles. The van der Waals surface area contributed by atoms with Crippen LogP contribution in [-0.4, -0.2) is 21.6 Å². The van der Waals surface area contributed by atoms with Crippen LogP contribution >= 0.6 is 0 Å². The molecule has 0 atom stereocenters. The molecule has 0 aliphatic rings. The molecule has 2 aromatic heterocycles. The average molecular weight is 459 g/mol. The molecule has 0 unspecified atom stereocenters. The molecule has 8 nitrogen and oxygen atoms in total. The monoisotopic (exact) mass is 458 g/mol. The van der Waals surface area contributed by atoms with E-state index in [1.165, 1.54) is 29.8 Å². The Labute approximate surface area is 197 Å². The van der Waals surface area contributed by atoms with Gasteiger partial charge in [0.05, 0.1) is 11.1 Å². The maximum Gasteiger partial charge on any atom is 0.307 e. The van der Waals surface area contributed by atoms with Crippen LogP contribution in [0.5, 0.6) is 0 Å². The molecule has 4 rings (SSSR count). The van der Waals surface area contributed by atoms with Gasteiger partial charge in [-0.2, -0.15) is 5.10 Å². The first-order valence-electron chi connectivity index (χ1n) is 10.9. The van der Waals surface area contributed by atoms with E-state index in [4.69, 9.17) is 4.42 Å². The summed E-state index contributed by atoms with van der Waals surface area (Å²) < 4.78 is 7.63. The number of carbonyl (C=O) groups excluding carboxylic acids is 1. The molecule has 0 aliphatic heterocycles. The van der Waals surface area contributed by atoms with Crippen molar-refractivity contribution in [3.8, 4) is 5.69 Å². The average Bonchev–Trinajstić information content (AvgIpc) is 3.33. The molecular weight excluding hydrogens is 432 g/mol. The zero-order valence-corrected chi connectivity index (χ0v) is 19.7. The number of nitrogens with zero attached hydrogens (tertiary/aromatic N) is 3. The van der Waals surface area contributed by atoms with Crippen molar-refractivity contribution in [3.63, 3.8) is 0 Å². The number of non-ortho nitro benzene ring substituents is 1. The van der Waals surface area contributed by atoms with Gasteiger partial charge in [0.25, 0.3) is 5.69 Å². The lowest BCUT2D eigenvalue weighted by Gasteiger charge is -2.20. The first kappa shape index (κ1) is 23.0. The number of hydrogen-bond acceptors (Lipinski definition) is 5. The molecule has 0 bridgehead atoms. The molecule has 4 aromatic rings. The summed E-state index contributed by atoms with van der Waals surface area (Å²) in [5.41, 5.74) is 8.11. The van der Waals surface area contributed by atoms with Crippen LogP contribution < -0.4 is 5.43 Å². The number of carbonyl (C=O) groups is 1. The van der Waals surface area contributed by atoms with Crippen molar-refractivity contribution < 1.29 is 14.1 Å². The molecule has 0 radical (unpaired) electrons. The number of nitro benzene ring substituents is 1. The summed E-state index contributed by atoms with van der Waals surface area (Å²) in [4.78, 5) is 22.9. The Balaban J connectivity index is 1.51. The Morgan fingerprint density at radius 3 is 2.44 bits per heavy atom. The highest BCUT2D eigenvalue weighted by Gasteiger charge is 2.16. The maximum absolute atomic E-state index is 12.5.